The number of nitrogens with two attached hydrogens (primary N) is 1. The molecule has 4 heteroatoms. The predicted molar refractivity (Wildman–Crippen MR) is 35.2 cm³/mol. The molecule has 1 unspecified atom stereocenters. The lowest BCUT2D eigenvalue weighted by Gasteiger charge is -2.16. The van der Waals surface area contributed by atoms with Gasteiger partial charge in [-0.05, 0) is 6.92 Å². The minimum atomic E-state index is -0.797. The SMILES string of the molecule is C[C@H](O)[C@@H]1OC(O)C[C@@H]1N. The van der Waals surface area contributed by atoms with E-state index in [1.165, 1.54) is 0 Å². The first-order chi connectivity index (χ1) is 4.61. The molecular weight excluding hydrogens is 134 g/mol. The van der Waals surface area contributed by atoms with Gasteiger partial charge < -0.3 is 20.7 Å². The zero-order valence-electron chi connectivity index (χ0n) is 5.90. The monoisotopic (exact) mass is 147 g/mol. The summed E-state index contributed by atoms with van der Waals surface area (Å²) in [7, 11) is 0. The van der Waals surface area contributed by atoms with Gasteiger partial charge in [0.2, 0.25) is 0 Å². The molecule has 0 aliphatic carbocycles. The van der Waals surface area contributed by atoms with Crippen LogP contribution in [0.2, 0.25) is 0 Å². The number of hydrogen-bond donors (Lipinski definition) is 3. The molecule has 4 N–H and O–H groups in total. The van der Waals surface area contributed by atoms with Crippen LogP contribution < -0.4 is 5.73 Å². The van der Waals surface area contributed by atoms with Crippen LogP contribution >= 0.6 is 0 Å². The molecule has 1 aliphatic heterocycles. The van der Waals surface area contributed by atoms with Gasteiger partial charge in [-0.25, -0.2) is 0 Å². The maximum Gasteiger partial charge on any atom is 0.156 e. The molecule has 1 saturated heterocycles. The van der Waals surface area contributed by atoms with E-state index in [2.05, 4.69) is 0 Å². The molecule has 0 aromatic carbocycles. The van der Waals surface area contributed by atoms with Crippen molar-refractivity contribution < 1.29 is 14.9 Å². The van der Waals surface area contributed by atoms with Crippen molar-refractivity contribution in [1.29, 1.82) is 0 Å². The Morgan fingerprint density at radius 2 is 2.30 bits per heavy atom. The Kier molecular flexibility index (Phi) is 2.25. The van der Waals surface area contributed by atoms with Gasteiger partial charge in [0.15, 0.2) is 6.29 Å². The van der Waals surface area contributed by atoms with Crippen LogP contribution in [0.25, 0.3) is 0 Å². The fraction of sp³-hybridized carbons (Fsp3) is 1.00. The maximum atomic E-state index is 9.02. The van der Waals surface area contributed by atoms with E-state index in [-0.39, 0.29) is 6.04 Å². The first-order valence-electron chi connectivity index (χ1n) is 3.38. The second-order valence-electron chi connectivity index (χ2n) is 2.70. The van der Waals surface area contributed by atoms with Crippen LogP contribution in [0.4, 0.5) is 0 Å². The minimum Gasteiger partial charge on any atom is -0.391 e. The second kappa shape index (κ2) is 2.84. The van der Waals surface area contributed by atoms with Crippen molar-refractivity contribution in [3.05, 3.63) is 0 Å². The Balaban J connectivity index is 2.46. The highest BCUT2D eigenvalue weighted by molar-refractivity contribution is 4.84. The van der Waals surface area contributed by atoms with Gasteiger partial charge in [-0.3, -0.25) is 0 Å². The summed E-state index contributed by atoms with van der Waals surface area (Å²) in [5.74, 6) is 0. The Morgan fingerprint density at radius 3 is 2.50 bits per heavy atom. The van der Waals surface area contributed by atoms with Gasteiger partial charge in [0.25, 0.3) is 0 Å². The van der Waals surface area contributed by atoms with Crippen molar-refractivity contribution >= 4 is 0 Å². The van der Waals surface area contributed by atoms with Crippen LogP contribution in [0, 0.1) is 0 Å². The summed E-state index contributed by atoms with van der Waals surface area (Å²) in [6.45, 7) is 1.60. The molecule has 1 aliphatic rings. The zero-order valence-corrected chi connectivity index (χ0v) is 5.90. The molecule has 0 spiro atoms. The Bertz CT molecular complexity index is 118. The average Bonchev–Trinajstić information content (AvgIpc) is 2.10. The lowest BCUT2D eigenvalue weighted by molar-refractivity contribution is -0.118. The highest BCUT2D eigenvalue weighted by Gasteiger charge is 2.34. The molecule has 1 heterocycles. The molecule has 60 valence electrons. The lowest BCUT2D eigenvalue weighted by atomic mass is 10.1. The van der Waals surface area contributed by atoms with Gasteiger partial charge in [0.05, 0.1) is 6.10 Å². The van der Waals surface area contributed by atoms with E-state index in [0.717, 1.165) is 0 Å². The fourth-order valence-electron chi connectivity index (χ4n) is 1.18. The van der Waals surface area contributed by atoms with Crippen molar-refractivity contribution in [1.82, 2.24) is 0 Å². The molecule has 4 nitrogen and oxygen atoms in total. The van der Waals surface area contributed by atoms with E-state index in [1.807, 2.05) is 0 Å². The number of hydrogen-bond acceptors (Lipinski definition) is 4. The molecule has 10 heavy (non-hydrogen) atoms. The van der Waals surface area contributed by atoms with Crippen LogP contribution in [0.3, 0.4) is 0 Å². The van der Waals surface area contributed by atoms with E-state index in [1.54, 1.807) is 6.92 Å². The number of aliphatic hydroxyl groups excluding tert-OH is 2. The Labute approximate surface area is 59.6 Å². The molecule has 0 radical (unpaired) electrons. The second-order valence-corrected chi connectivity index (χ2v) is 2.70. The van der Waals surface area contributed by atoms with Crippen LogP contribution in [0.1, 0.15) is 13.3 Å². The van der Waals surface area contributed by atoms with Crippen molar-refractivity contribution in [2.45, 2.75) is 37.9 Å². The van der Waals surface area contributed by atoms with Crippen LogP contribution in [-0.4, -0.2) is 34.8 Å². The van der Waals surface area contributed by atoms with Crippen molar-refractivity contribution in [3.63, 3.8) is 0 Å². The quantitative estimate of drug-likeness (QED) is 0.435. The summed E-state index contributed by atoms with van der Waals surface area (Å²) in [5.41, 5.74) is 5.53. The van der Waals surface area contributed by atoms with Crippen molar-refractivity contribution in [2.24, 2.45) is 5.73 Å². The summed E-state index contributed by atoms with van der Waals surface area (Å²) in [6.07, 6.45) is -1.40. The molecular formula is C6H13NO3. The normalized spacial score (nSPS) is 43.8. The summed E-state index contributed by atoms with van der Waals surface area (Å²) in [4.78, 5) is 0. The molecule has 0 saturated carbocycles. The molecule has 1 fully saturated rings. The van der Waals surface area contributed by atoms with E-state index < -0.39 is 18.5 Å². The maximum absolute atomic E-state index is 9.02. The van der Waals surface area contributed by atoms with Crippen LogP contribution in [0.5, 0.6) is 0 Å². The standard InChI is InChI=1S/C6H13NO3/c1-3(8)6-4(7)2-5(9)10-6/h3-6,8-9H,2,7H2,1H3/t3-,4-,5?,6-/m0/s1. The lowest BCUT2D eigenvalue weighted by Crippen LogP contribution is -2.38. The predicted octanol–water partition coefficient (Wildman–Crippen LogP) is -1.20. The molecule has 0 aromatic heterocycles. The summed E-state index contributed by atoms with van der Waals surface area (Å²) < 4.78 is 4.92. The molecule has 0 amide bonds. The van der Waals surface area contributed by atoms with Gasteiger partial charge in [0.1, 0.15) is 6.10 Å². The highest BCUT2D eigenvalue weighted by Crippen LogP contribution is 2.19. The van der Waals surface area contributed by atoms with E-state index in [4.69, 9.17) is 20.7 Å². The topological polar surface area (TPSA) is 75.7 Å². The Morgan fingerprint density at radius 1 is 1.70 bits per heavy atom. The van der Waals surface area contributed by atoms with Gasteiger partial charge in [-0.15, -0.1) is 0 Å². The third kappa shape index (κ3) is 1.46. The first kappa shape index (κ1) is 7.94. The molecule has 0 bridgehead atoms. The van der Waals surface area contributed by atoms with Gasteiger partial charge in [-0.2, -0.15) is 0 Å². The van der Waals surface area contributed by atoms with E-state index >= 15 is 0 Å². The van der Waals surface area contributed by atoms with Gasteiger partial charge >= 0.3 is 0 Å². The number of aliphatic hydroxyl groups is 2. The smallest absolute Gasteiger partial charge is 0.156 e. The highest BCUT2D eigenvalue weighted by atomic mass is 16.6. The zero-order chi connectivity index (χ0) is 7.72. The largest absolute Gasteiger partial charge is 0.391 e. The van der Waals surface area contributed by atoms with Crippen LogP contribution in [-0.2, 0) is 4.74 Å². The number of rotatable bonds is 1. The fourth-order valence-corrected chi connectivity index (χ4v) is 1.18. The summed E-state index contributed by atoms with van der Waals surface area (Å²) in [5, 5.41) is 17.9. The molecule has 4 atom stereocenters. The van der Waals surface area contributed by atoms with Crippen molar-refractivity contribution in [3.8, 4) is 0 Å². The third-order valence-corrected chi connectivity index (χ3v) is 1.69. The van der Waals surface area contributed by atoms with Crippen LogP contribution in [0.15, 0.2) is 0 Å². The van der Waals surface area contributed by atoms with E-state index in [9.17, 15) is 0 Å². The Hall–Kier alpha value is -0.160. The van der Waals surface area contributed by atoms with Gasteiger partial charge in [-0.1, -0.05) is 0 Å². The third-order valence-electron chi connectivity index (χ3n) is 1.69. The summed E-state index contributed by atoms with van der Waals surface area (Å²) in [6, 6.07) is -0.241. The first-order valence-corrected chi connectivity index (χ1v) is 3.38. The molecule has 1 rings (SSSR count). The minimum absolute atomic E-state index is 0.241. The van der Waals surface area contributed by atoms with E-state index in [0.29, 0.717) is 6.42 Å². The summed E-state index contributed by atoms with van der Waals surface area (Å²) >= 11 is 0. The number of ether oxygens (including phenoxy) is 1. The average molecular weight is 147 g/mol. The van der Waals surface area contributed by atoms with Crippen molar-refractivity contribution in [2.75, 3.05) is 0 Å². The molecule has 0 aromatic rings. The van der Waals surface area contributed by atoms with Gasteiger partial charge in [0, 0.05) is 12.5 Å².